The fourth-order valence-corrected chi connectivity index (χ4v) is 5.14. The van der Waals surface area contributed by atoms with E-state index in [1.807, 2.05) is 43.3 Å². The number of hydrogen-bond donors (Lipinski definition) is 2. The maximum Gasteiger partial charge on any atom is 0.254 e. The lowest BCUT2D eigenvalue weighted by molar-refractivity contribution is -0.00376. The lowest BCUT2D eigenvalue weighted by Crippen LogP contribution is -2.48. The number of aryl methyl sites for hydroxylation is 1. The molecule has 5 rings (SSSR count). The molecule has 4 aromatic rings. The van der Waals surface area contributed by atoms with E-state index in [-0.39, 0.29) is 19.0 Å². The first-order valence-electron chi connectivity index (χ1n) is 10.0. The van der Waals surface area contributed by atoms with Gasteiger partial charge in [-0.05, 0) is 47.0 Å². The standard InChI is InChI=1S/C24H22N2O3S/c1-14-25-22-10-15(6-9-23(22)30-14)18-7-8-21(20-5-3-2-4-19(18)20)24(29)26-12-16(27)11-17(28)13-26/h2-10,16-17,27-28H,11-13H2,1H3/t16-,17-/m1/s1. The Morgan fingerprint density at radius 2 is 1.77 bits per heavy atom. The van der Waals surface area contributed by atoms with E-state index in [9.17, 15) is 15.0 Å². The van der Waals surface area contributed by atoms with E-state index in [1.165, 1.54) is 0 Å². The molecule has 2 heterocycles. The van der Waals surface area contributed by atoms with E-state index in [2.05, 4.69) is 23.2 Å². The van der Waals surface area contributed by atoms with Gasteiger partial charge in [-0.25, -0.2) is 4.98 Å². The number of rotatable bonds is 2. The van der Waals surface area contributed by atoms with Crippen LogP contribution >= 0.6 is 11.3 Å². The van der Waals surface area contributed by atoms with Gasteiger partial charge in [0.1, 0.15) is 0 Å². The number of thiazole rings is 1. The molecule has 2 N–H and O–H groups in total. The topological polar surface area (TPSA) is 73.7 Å². The average Bonchev–Trinajstić information content (AvgIpc) is 3.11. The summed E-state index contributed by atoms with van der Waals surface area (Å²) in [6, 6.07) is 18.0. The molecule has 0 saturated carbocycles. The minimum absolute atomic E-state index is 0.166. The number of nitrogens with zero attached hydrogens (tertiary/aromatic N) is 2. The molecular formula is C24H22N2O3S. The summed E-state index contributed by atoms with van der Waals surface area (Å²) in [6.45, 7) is 2.49. The van der Waals surface area contributed by atoms with Gasteiger partial charge in [0.05, 0.1) is 27.4 Å². The Labute approximate surface area is 178 Å². The van der Waals surface area contributed by atoms with Crippen LogP contribution in [0.1, 0.15) is 21.8 Å². The number of fused-ring (bicyclic) bond motifs is 2. The smallest absolute Gasteiger partial charge is 0.254 e. The van der Waals surface area contributed by atoms with E-state index >= 15 is 0 Å². The molecule has 6 heteroatoms. The molecule has 30 heavy (non-hydrogen) atoms. The summed E-state index contributed by atoms with van der Waals surface area (Å²) >= 11 is 1.68. The Morgan fingerprint density at radius 1 is 1.03 bits per heavy atom. The van der Waals surface area contributed by atoms with Crippen LogP contribution in [0.5, 0.6) is 0 Å². The summed E-state index contributed by atoms with van der Waals surface area (Å²) < 4.78 is 1.16. The van der Waals surface area contributed by atoms with E-state index in [4.69, 9.17) is 0 Å². The molecular weight excluding hydrogens is 396 g/mol. The maximum absolute atomic E-state index is 13.2. The van der Waals surface area contributed by atoms with Gasteiger partial charge in [0.25, 0.3) is 5.91 Å². The van der Waals surface area contributed by atoms with Crippen LogP contribution in [0.3, 0.4) is 0 Å². The van der Waals surface area contributed by atoms with Gasteiger partial charge in [-0.15, -0.1) is 11.3 Å². The third-order valence-electron chi connectivity index (χ3n) is 5.65. The highest BCUT2D eigenvalue weighted by atomic mass is 32.1. The summed E-state index contributed by atoms with van der Waals surface area (Å²) in [5.74, 6) is -0.166. The zero-order valence-corrected chi connectivity index (χ0v) is 17.4. The van der Waals surface area contributed by atoms with E-state index in [0.717, 1.165) is 37.1 Å². The van der Waals surface area contributed by atoms with Gasteiger partial charge >= 0.3 is 0 Å². The molecule has 2 atom stereocenters. The predicted octanol–water partition coefficient (Wildman–Crippen LogP) is 3.99. The van der Waals surface area contributed by atoms with Crippen LogP contribution in [-0.4, -0.2) is 51.3 Å². The summed E-state index contributed by atoms with van der Waals surface area (Å²) in [7, 11) is 0. The Balaban J connectivity index is 1.60. The van der Waals surface area contributed by atoms with Gasteiger partial charge in [0, 0.05) is 25.1 Å². The van der Waals surface area contributed by atoms with Crippen LogP contribution in [0, 0.1) is 6.92 Å². The third kappa shape index (κ3) is 3.37. The molecule has 1 aliphatic rings. The molecule has 0 radical (unpaired) electrons. The number of carbonyl (C=O) groups is 1. The first-order valence-corrected chi connectivity index (χ1v) is 10.9. The number of carbonyl (C=O) groups excluding carboxylic acids is 1. The number of benzene rings is 3. The van der Waals surface area contributed by atoms with Crippen LogP contribution in [-0.2, 0) is 0 Å². The first-order chi connectivity index (χ1) is 14.5. The first kappa shape index (κ1) is 19.2. The highest BCUT2D eigenvalue weighted by Gasteiger charge is 2.29. The van der Waals surface area contributed by atoms with Crippen molar-refractivity contribution in [3.05, 3.63) is 65.2 Å². The number of hydrogen-bond acceptors (Lipinski definition) is 5. The highest BCUT2D eigenvalue weighted by molar-refractivity contribution is 7.18. The third-order valence-corrected chi connectivity index (χ3v) is 6.61. The summed E-state index contributed by atoms with van der Waals surface area (Å²) in [5.41, 5.74) is 3.68. The zero-order valence-electron chi connectivity index (χ0n) is 16.6. The molecule has 0 aliphatic carbocycles. The average molecular weight is 419 g/mol. The molecule has 0 spiro atoms. The maximum atomic E-state index is 13.2. The van der Waals surface area contributed by atoms with Crippen molar-refractivity contribution in [2.75, 3.05) is 13.1 Å². The number of aromatic nitrogens is 1. The van der Waals surface area contributed by atoms with Crippen molar-refractivity contribution in [1.82, 2.24) is 9.88 Å². The van der Waals surface area contributed by atoms with Gasteiger partial charge in [0.2, 0.25) is 0 Å². The molecule has 0 bridgehead atoms. The van der Waals surface area contributed by atoms with Crippen molar-refractivity contribution in [3.8, 4) is 11.1 Å². The van der Waals surface area contributed by atoms with Crippen LogP contribution < -0.4 is 0 Å². The van der Waals surface area contributed by atoms with Crippen molar-refractivity contribution in [2.45, 2.75) is 25.6 Å². The van der Waals surface area contributed by atoms with Gasteiger partial charge in [0.15, 0.2) is 0 Å². The van der Waals surface area contributed by atoms with E-state index < -0.39 is 12.2 Å². The van der Waals surface area contributed by atoms with E-state index in [0.29, 0.717) is 12.0 Å². The minimum atomic E-state index is -0.698. The molecule has 1 aromatic heterocycles. The second kappa shape index (κ2) is 7.47. The largest absolute Gasteiger partial charge is 0.391 e. The fourth-order valence-electron chi connectivity index (χ4n) is 4.33. The van der Waals surface area contributed by atoms with Crippen molar-refractivity contribution >= 4 is 38.2 Å². The van der Waals surface area contributed by atoms with Crippen LogP contribution in [0.15, 0.2) is 54.6 Å². The summed E-state index contributed by atoms with van der Waals surface area (Å²) in [6.07, 6.45) is -1.09. The predicted molar refractivity (Wildman–Crippen MR) is 120 cm³/mol. The Bertz CT molecular complexity index is 1260. The number of β-amino-alcohol motifs (C(OH)–C–C–N with tert-alkyl or cyclic N) is 2. The molecule has 152 valence electrons. The van der Waals surface area contributed by atoms with Crippen LogP contribution in [0.2, 0.25) is 0 Å². The SMILES string of the molecule is Cc1nc2cc(-c3ccc(C(=O)N4C[C@H](O)C[C@@H](O)C4)c4ccccc34)ccc2s1. The monoisotopic (exact) mass is 418 g/mol. The van der Waals surface area contributed by atoms with Crippen molar-refractivity contribution in [3.63, 3.8) is 0 Å². The van der Waals surface area contributed by atoms with Crippen LogP contribution in [0.4, 0.5) is 0 Å². The quantitative estimate of drug-likeness (QED) is 0.516. The normalized spacial score (nSPS) is 19.5. The summed E-state index contributed by atoms with van der Waals surface area (Å²) in [5, 5.41) is 22.9. The minimum Gasteiger partial charge on any atom is -0.391 e. The number of likely N-dealkylation sites (tertiary alicyclic amines) is 1. The number of piperidine rings is 1. The van der Waals surface area contributed by atoms with Crippen LogP contribution in [0.25, 0.3) is 32.1 Å². The van der Waals surface area contributed by atoms with Crippen molar-refractivity contribution < 1.29 is 15.0 Å². The molecule has 1 amide bonds. The Morgan fingerprint density at radius 3 is 2.53 bits per heavy atom. The lowest BCUT2D eigenvalue weighted by atomic mass is 9.94. The Kier molecular flexibility index (Phi) is 4.77. The van der Waals surface area contributed by atoms with Gasteiger partial charge in [-0.2, -0.15) is 0 Å². The second-order valence-electron chi connectivity index (χ2n) is 7.88. The van der Waals surface area contributed by atoms with Crippen molar-refractivity contribution in [1.29, 1.82) is 0 Å². The van der Waals surface area contributed by atoms with E-state index in [1.54, 1.807) is 16.2 Å². The van der Waals surface area contributed by atoms with Crippen molar-refractivity contribution in [2.24, 2.45) is 0 Å². The highest BCUT2D eigenvalue weighted by Crippen LogP contribution is 2.34. The number of amides is 1. The molecule has 5 nitrogen and oxygen atoms in total. The molecule has 0 unspecified atom stereocenters. The summed E-state index contributed by atoms with van der Waals surface area (Å²) in [4.78, 5) is 19.4. The molecule has 1 saturated heterocycles. The number of aliphatic hydroxyl groups excluding tert-OH is 2. The molecule has 3 aromatic carbocycles. The second-order valence-corrected chi connectivity index (χ2v) is 9.11. The van der Waals surface area contributed by atoms with Gasteiger partial charge < -0.3 is 15.1 Å². The lowest BCUT2D eigenvalue weighted by Gasteiger charge is -2.33. The fraction of sp³-hybridized carbons (Fsp3) is 0.250. The number of aliphatic hydroxyl groups is 2. The van der Waals surface area contributed by atoms with Gasteiger partial charge in [-0.1, -0.05) is 36.4 Å². The molecule has 1 aliphatic heterocycles. The molecule has 1 fully saturated rings. The Hall–Kier alpha value is -2.80. The zero-order chi connectivity index (χ0) is 20.8. The van der Waals surface area contributed by atoms with Gasteiger partial charge in [-0.3, -0.25) is 4.79 Å².